The van der Waals surface area contributed by atoms with Crippen molar-refractivity contribution in [1.82, 2.24) is 0 Å². The molecule has 0 aliphatic heterocycles. The summed E-state index contributed by atoms with van der Waals surface area (Å²) in [6.07, 6.45) is 4.48. The summed E-state index contributed by atoms with van der Waals surface area (Å²) in [5, 5.41) is 0. The highest BCUT2D eigenvalue weighted by atomic mass is 16.6. The van der Waals surface area contributed by atoms with Crippen LogP contribution in [0.25, 0.3) is 0 Å². The monoisotopic (exact) mass is 224 g/mol. The smallest absolute Gasteiger partial charge is 0.330 e. The highest BCUT2D eigenvalue weighted by molar-refractivity contribution is 5.81. The molecule has 0 aromatic rings. The van der Waals surface area contributed by atoms with Crippen LogP contribution in [0.4, 0.5) is 0 Å². The highest BCUT2D eigenvalue weighted by Crippen LogP contribution is 2.56. The quantitative estimate of drug-likeness (QED) is 0.528. The Morgan fingerprint density at radius 3 is 2.25 bits per heavy atom. The van der Waals surface area contributed by atoms with Gasteiger partial charge in [0.1, 0.15) is 5.60 Å². The predicted octanol–water partition coefficient (Wildman–Crippen LogP) is 3.71. The lowest BCUT2D eigenvalue weighted by Crippen LogP contribution is -2.56. The molecule has 1 aliphatic carbocycles. The van der Waals surface area contributed by atoms with Gasteiger partial charge < -0.3 is 4.74 Å². The van der Waals surface area contributed by atoms with E-state index in [0.29, 0.717) is 0 Å². The van der Waals surface area contributed by atoms with Gasteiger partial charge in [-0.1, -0.05) is 34.3 Å². The lowest BCUT2D eigenvalue weighted by Gasteiger charge is -2.56. The molecule has 0 amide bonds. The van der Waals surface area contributed by atoms with E-state index in [0.717, 1.165) is 12.8 Å². The van der Waals surface area contributed by atoms with Crippen molar-refractivity contribution in [2.45, 2.75) is 59.5 Å². The molecule has 1 saturated carbocycles. The van der Waals surface area contributed by atoms with Gasteiger partial charge >= 0.3 is 5.97 Å². The van der Waals surface area contributed by atoms with E-state index >= 15 is 0 Å². The van der Waals surface area contributed by atoms with Gasteiger partial charge in [-0.2, -0.15) is 0 Å². The van der Waals surface area contributed by atoms with Gasteiger partial charge in [0.05, 0.1) is 0 Å². The van der Waals surface area contributed by atoms with Crippen molar-refractivity contribution in [3.63, 3.8) is 0 Å². The lowest BCUT2D eigenvalue weighted by atomic mass is 9.53. The number of hydrogen-bond donors (Lipinski definition) is 0. The Balaban J connectivity index is 3.01. The van der Waals surface area contributed by atoms with Crippen molar-refractivity contribution < 1.29 is 9.53 Å². The Hall–Kier alpha value is -0.790. The standard InChI is InChI=1S/C14H24O2/c1-7-11(15)16-14(6)10-8-9-12(2,3)13(14,4)5/h7H,1,8-10H2,2-6H3. The molecule has 1 fully saturated rings. The van der Waals surface area contributed by atoms with Crippen molar-refractivity contribution in [1.29, 1.82) is 0 Å². The van der Waals surface area contributed by atoms with Gasteiger partial charge in [0.15, 0.2) is 0 Å². The molecule has 0 N–H and O–H groups in total. The Labute approximate surface area is 99.1 Å². The van der Waals surface area contributed by atoms with E-state index in [4.69, 9.17) is 4.74 Å². The number of carbonyl (C=O) groups is 1. The maximum absolute atomic E-state index is 11.4. The fourth-order valence-electron chi connectivity index (χ4n) is 2.65. The summed E-state index contributed by atoms with van der Waals surface area (Å²) in [6.45, 7) is 14.4. The van der Waals surface area contributed by atoms with Crippen molar-refractivity contribution >= 4 is 5.97 Å². The third-order valence-electron chi connectivity index (χ3n) is 4.96. The van der Waals surface area contributed by atoms with E-state index in [-0.39, 0.29) is 22.4 Å². The molecule has 0 aromatic carbocycles. The van der Waals surface area contributed by atoms with Gasteiger partial charge in [0.2, 0.25) is 0 Å². The molecule has 0 aromatic heterocycles. The van der Waals surface area contributed by atoms with Gasteiger partial charge in [-0.25, -0.2) is 4.79 Å². The maximum atomic E-state index is 11.4. The predicted molar refractivity (Wildman–Crippen MR) is 66.1 cm³/mol. The third-order valence-corrected chi connectivity index (χ3v) is 4.96. The van der Waals surface area contributed by atoms with E-state index in [1.807, 2.05) is 0 Å². The molecule has 2 heteroatoms. The van der Waals surface area contributed by atoms with Crippen LogP contribution in [-0.4, -0.2) is 11.6 Å². The first-order valence-electron chi connectivity index (χ1n) is 6.02. The number of rotatable bonds is 2. The zero-order valence-electron chi connectivity index (χ0n) is 11.2. The summed E-state index contributed by atoms with van der Waals surface area (Å²) in [6, 6.07) is 0. The maximum Gasteiger partial charge on any atom is 0.330 e. The van der Waals surface area contributed by atoms with Crippen molar-refractivity contribution in [2.75, 3.05) is 0 Å². The van der Waals surface area contributed by atoms with Crippen LogP contribution in [0.15, 0.2) is 12.7 Å². The summed E-state index contributed by atoms with van der Waals surface area (Å²) in [7, 11) is 0. The second-order valence-corrected chi connectivity index (χ2v) is 6.22. The normalized spacial score (nSPS) is 31.8. The molecule has 1 unspecified atom stereocenters. The minimum absolute atomic E-state index is 0.0308. The Bertz CT molecular complexity index is 302. The zero-order valence-corrected chi connectivity index (χ0v) is 11.2. The van der Waals surface area contributed by atoms with Crippen LogP contribution in [0.5, 0.6) is 0 Å². The van der Waals surface area contributed by atoms with Gasteiger partial charge in [-0.15, -0.1) is 0 Å². The molecule has 0 heterocycles. The molecule has 92 valence electrons. The van der Waals surface area contributed by atoms with Crippen LogP contribution >= 0.6 is 0 Å². The van der Waals surface area contributed by atoms with Crippen molar-refractivity contribution in [2.24, 2.45) is 10.8 Å². The van der Waals surface area contributed by atoms with E-state index in [2.05, 4.69) is 41.2 Å². The van der Waals surface area contributed by atoms with Crippen LogP contribution in [-0.2, 0) is 9.53 Å². The molecule has 2 nitrogen and oxygen atoms in total. The fraction of sp³-hybridized carbons (Fsp3) is 0.786. The average molecular weight is 224 g/mol. The first kappa shape index (κ1) is 13.3. The van der Waals surface area contributed by atoms with Crippen LogP contribution in [0, 0.1) is 10.8 Å². The highest BCUT2D eigenvalue weighted by Gasteiger charge is 2.55. The topological polar surface area (TPSA) is 26.3 Å². The van der Waals surface area contributed by atoms with Gasteiger partial charge in [-0.05, 0) is 31.6 Å². The van der Waals surface area contributed by atoms with Gasteiger partial charge in [0, 0.05) is 11.5 Å². The minimum atomic E-state index is -0.389. The number of esters is 1. The van der Waals surface area contributed by atoms with Crippen LogP contribution in [0.2, 0.25) is 0 Å². The summed E-state index contributed by atoms with van der Waals surface area (Å²) in [5.74, 6) is -0.312. The summed E-state index contributed by atoms with van der Waals surface area (Å²) < 4.78 is 5.62. The Morgan fingerprint density at radius 1 is 1.19 bits per heavy atom. The first-order chi connectivity index (χ1) is 7.16. The second kappa shape index (κ2) is 3.90. The van der Waals surface area contributed by atoms with Gasteiger partial charge in [0.25, 0.3) is 0 Å². The SMILES string of the molecule is C=CC(=O)OC1(C)CCCC(C)(C)C1(C)C. The molecule has 0 spiro atoms. The molecular weight excluding hydrogens is 200 g/mol. The Morgan fingerprint density at radius 2 is 1.75 bits per heavy atom. The average Bonchev–Trinajstić information content (AvgIpc) is 2.14. The molecule has 0 bridgehead atoms. The van der Waals surface area contributed by atoms with E-state index in [1.54, 1.807) is 0 Å². The summed E-state index contributed by atoms with van der Waals surface area (Å²) in [4.78, 5) is 11.4. The van der Waals surface area contributed by atoms with Crippen LogP contribution in [0.3, 0.4) is 0 Å². The molecule has 1 atom stereocenters. The molecule has 1 rings (SSSR count). The molecular formula is C14H24O2. The fourth-order valence-corrected chi connectivity index (χ4v) is 2.65. The summed E-state index contributed by atoms with van der Waals surface area (Å²) >= 11 is 0. The molecule has 1 aliphatic rings. The number of carbonyl (C=O) groups excluding carboxylic acids is 1. The molecule has 16 heavy (non-hydrogen) atoms. The number of ether oxygens (including phenoxy) is 1. The van der Waals surface area contributed by atoms with E-state index in [9.17, 15) is 4.79 Å². The molecule has 0 saturated heterocycles. The number of hydrogen-bond acceptors (Lipinski definition) is 2. The Kier molecular flexibility index (Phi) is 3.24. The third kappa shape index (κ3) is 1.90. The van der Waals surface area contributed by atoms with Crippen LogP contribution in [0.1, 0.15) is 53.9 Å². The lowest BCUT2D eigenvalue weighted by molar-refractivity contribution is -0.191. The molecule has 0 radical (unpaired) electrons. The summed E-state index contributed by atoms with van der Waals surface area (Å²) in [5.41, 5.74) is -0.238. The van der Waals surface area contributed by atoms with E-state index in [1.165, 1.54) is 12.5 Å². The van der Waals surface area contributed by atoms with Crippen LogP contribution < -0.4 is 0 Å². The van der Waals surface area contributed by atoms with Crippen molar-refractivity contribution in [3.8, 4) is 0 Å². The van der Waals surface area contributed by atoms with Crippen molar-refractivity contribution in [3.05, 3.63) is 12.7 Å². The minimum Gasteiger partial charge on any atom is -0.456 e. The zero-order chi connectivity index (χ0) is 12.6. The first-order valence-corrected chi connectivity index (χ1v) is 6.02. The van der Waals surface area contributed by atoms with Gasteiger partial charge in [-0.3, -0.25) is 0 Å². The van der Waals surface area contributed by atoms with E-state index < -0.39 is 0 Å². The second-order valence-electron chi connectivity index (χ2n) is 6.22. The largest absolute Gasteiger partial charge is 0.456 e.